The standard InChI is InChI=1S/C31H32F2N6O6/c1-16(2)23(25(41)27-37-38-29(45-27)31(4,5)20-13-12-19(32)14-21(20)33)35-22(40)15-39-26(18-10-8-7-9-11-18)34-17(3)24(28(39)42)36-30(43)44-6/h7-14,16,23H,15H2,1-6H3,(H,35,40)(H,36,43)/t23-/m1/s1. The minimum Gasteiger partial charge on any atom is -0.453 e. The van der Waals surface area contributed by atoms with Gasteiger partial charge in [-0.3, -0.25) is 24.3 Å². The number of carbonyl (C=O) groups is 3. The molecule has 0 fully saturated rings. The van der Waals surface area contributed by atoms with Gasteiger partial charge in [-0.05, 0) is 32.8 Å². The highest BCUT2D eigenvalue weighted by molar-refractivity contribution is 5.98. The number of hydrogen-bond acceptors (Lipinski definition) is 9. The van der Waals surface area contributed by atoms with Crippen LogP contribution in [0.25, 0.3) is 11.4 Å². The normalized spacial score (nSPS) is 12.1. The number of benzene rings is 2. The van der Waals surface area contributed by atoms with Gasteiger partial charge in [0.15, 0.2) is 0 Å². The Bertz CT molecular complexity index is 1800. The van der Waals surface area contributed by atoms with Gasteiger partial charge in [-0.15, -0.1) is 10.2 Å². The van der Waals surface area contributed by atoms with Gasteiger partial charge in [0.25, 0.3) is 11.4 Å². The molecule has 0 aliphatic heterocycles. The molecule has 2 heterocycles. The maximum atomic E-state index is 14.5. The topological polar surface area (TPSA) is 158 Å². The lowest BCUT2D eigenvalue weighted by Gasteiger charge is -2.22. The average Bonchev–Trinajstić information content (AvgIpc) is 3.50. The summed E-state index contributed by atoms with van der Waals surface area (Å²) >= 11 is 0. The molecule has 0 radical (unpaired) electrons. The van der Waals surface area contributed by atoms with E-state index in [4.69, 9.17) is 4.42 Å². The predicted molar refractivity (Wildman–Crippen MR) is 159 cm³/mol. The van der Waals surface area contributed by atoms with Crippen molar-refractivity contribution in [3.8, 4) is 11.4 Å². The molecular weight excluding hydrogens is 590 g/mol. The number of rotatable bonds is 10. The lowest BCUT2D eigenvalue weighted by molar-refractivity contribution is -0.122. The zero-order chi connectivity index (χ0) is 33.1. The van der Waals surface area contributed by atoms with E-state index < -0.39 is 64.8 Å². The van der Waals surface area contributed by atoms with Crippen molar-refractivity contribution in [3.63, 3.8) is 0 Å². The number of methoxy groups -OCH3 is 1. The Balaban J connectivity index is 1.63. The Morgan fingerprint density at radius 1 is 1.07 bits per heavy atom. The monoisotopic (exact) mass is 622 g/mol. The van der Waals surface area contributed by atoms with Crippen molar-refractivity contribution >= 4 is 23.5 Å². The van der Waals surface area contributed by atoms with Crippen LogP contribution in [0.5, 0.6) is 0 Å². The van der Waals surface area contributed by atoms with Gasteiger partial charge in [0, 0.05) is 17.2 Å². The lowest BCUT2D eigenvalue weighted by atomic mass is 9.84. The van der Waals surface area contributed by atoms with Crippen LogP contribution >= 0.6 is 0 Å². The van der Waals surface area contributed by atoms with Crippen LogP contribution in [0.15, 0.2) is 57.7 Å². The highest BCUT2D eigenvalue weighted by Crippen LogP contribution is 2.33. The van der Waals surface area contributed by atoms with Gasteiger partial charge in [-0.2, -0.15) is 0 Å². The highest BCUT2D eigenvalue weighted by atomic mass is 19.1. The van der Waals surface area contributed by atoms with Crippen LogP contribution in [-0.4, -0.2) is 50.7 Å². The second-order valence-corrected chi connectivity index (χ2v) is 11.1. The molecule has 14 heteroatoms. The van der Waals surface area contributed by atoms with Crippen molar-refractivity contribution in [2.45, 2.75) is 52.6 Å². The Hall–Kier alpha value is -5.27. The van der Waals surface area contributed by atoms with Gasteiger partial charge < -0.3 is 14.5 Å². The van der Waals surface area contributed by atoms with Crippen LogP contribution in [0, 0.1) is 24.5 Å². The van der Waals surface area contributed by atoms with Crippen LogP contribution < -0.4 is 16.2 Å². The van der Waals surface area contributed by atoms with Crippen molar-refractivity contribution in [1.29, 1.82) is 0 Å². The number of nitrogens with one attached hydrogen (secondary N) is 2. The number of ether oxygens (including phenoxy) is 1. The molecule has 12 nitrogen and oxygen atoms in total. The summed E-state index contributed by atoms with van der Waals surface area (Å²) in [7, 11) is 1.14. The molecule has 2 aromatic heterocycles. The van der Waals surface area contributed by atoms with E-state index in [2.05, 4.69) is 30.6 Å². The summed E-state index contributed by atoms with van der Waals surface area (Å²) in [5.41, 5.74) is -1.30. The maximum absolute atomic E-state index is 14.5. The van der Waals surface area contributed by atoms with E-state index >= 15 is 0 Å². The third-order valence-corrected chi connectivity index (χ3v) is 7.14. The third-order valence-electron chi connectivity index (χ3n) is 7.14. The fourth-order valence-corrected chi connectivity index (χ4v) is 4.63. The largest absolute Gasteiger partial charge is 0.453 e. The summed E-state index contributed by atoms with van der Waals surface area (Å²) in [6.07, 6.45) is -0.893. The van der Waals surface area contributed by atoms with Crippen LogP contribution in [0.4, 0.5) is 19.3 Å². The molecule has 0 spiro atoms. The van der Waals surface area contributed by atoms with Crippen LogP contribution in [0.2, 0.25) is 0 Å². The minimum absolute atomic E-state index is 0.0766. The van der Waals surface area contributed by atoms with Crippen LogP contribution in [-0.2, 0) is 21.5 Å². The second-order valence-electron chi connectivity index (χ2n) is 11.1. The zero-order valence-electron chi connectivity index (χ0n) is 25.5. The molecular formula is C31H32F2N6O6. The molecule has 2 amide bonds. The van der Waals surface area contributed by atoms with Crippen molar-refractivity contribution in [3.05, 3.63) is 93.6 Å². The first-order chi connectivity index (χ1) is 21.2. The van der Waals surface area contributed by atoms with Crippen LogP contribution in [0.1, 0.15) is 55.5 Å². The summed E-state index contributed by atoms with van der Waals surface area (Å²) in [5.74, 6) is -3.82. The number of Topliss-reactive ketones (excluding diaryl/α,β-unsaturated/α-hetero) is 1. The van der Waals surface area contributed by atoms with E-state index in [0.29, 0.717) is 5.56 Å². The summed E-state index contributed by atoms with van der Waals surface area (Å²) in [6.45, 7) is 7.49. The van der Waals surface area contributed by atoms with Gasteiger partial charge in [0.1, 0.15) is 29.7 Å². The summed E-state index contributed by atoms with van der Waals surface area (Å²) in [5, 5.41) is 12.7. The Labute approximate surface area is 256 Å². The highest BCUT2D eigenvalue weighted by Gasteiger charge is 2.36. The predicted octanol–water partition coefficient (Wildman–Crippen LogP) is 4.41. The van der Waals surface area contributed by atoms with Crippen LogP contribution in [0.3, 0.4) is 0 Å². The molecule has 0 unspecified atom stereocenters. The number of ketones is 1. The number of carbonyl (C=O) groups excluding carboxylic acids is 3. The van der Waals surface area contributed by atoms with E-state index in [9.17, 15) is 28.0 Å². The van der Waals surface area contributed by atoms with E-state index in [1.54, 1.807) is 58.0 Å². The second kappa shape index (κ2) is 13.2. The molecule has 0 saturated heterocycles. The number of amides is 2. The lowest BCUT2D eigenvalue weighted by Crippen LogP contribution is -2.47. The molecule has 45 heavy (non-hydrogen) atoms. The Morgan fingerprint density at radius 3 is 2.38 bits per heavy atom. The van der Waals surface area contributed by atoms with E-state index in [0.717, 1.165) is 23.8 Å². The number of aromatic nitrogens is 4. The van der Waals surface area contributed by atoms with Crippen molar-refractivity contribution in [2.24, 2.45) is 5.92 Å². The molecule has 0 bridgehead atoms. The fourth-order valence-electron chi connectivity index (χ4n) is 4.63. The molecule has 0 aliphatic carbocycles. The molecule has 2 N–H and O–H groups in total. The molecule has 0 aliphatic rings. The number of anilines is 1. The number of nitrogens with zero attached hydrogens (tertiary/aromatic N) is 4. The number of aryl methyl sites for hydroxylation is 1. The fraction of sp³-hybridized carbons (Fsp3) is 0.323. The molecule has 2 aromatic carbocycles. The third kappa shape index (κ3) is 6.95. The van der Waals surface area contributed by atoms with E-state index in [1.807, 2.05) is 0 Å². The quantitative estimate of drug-likeness (QED) is 0.244. The van der Waals surface area contributed by atoms with E-state index in [1.165, 1.54) is 13.0 Å². The zero-order valence-corrected chi connectivity index (χ0v) is 25.5. The number of halogens is 2. The SMILES string of the molecule is COC(=O)Nc1c(C)nc(-c2ccccc2)n(CC(=O)N[C@@H](C(=O)c2nnc(C(C)(C)c3ccc(F)cc3F)o2)C(C)C)c1=O. The smallest absolute Gasteiger partial charge is 0.411 e. The summed E-state index contributed by atoms with van der Waals surface area (Å²) in [6, 6.07) is 10.6. The summed E-state index contributed by atoms with van der Waals surface area (Å²) in [4.78, 5) is 56.8. The Kier molecular flexibility index (Phi) is 9.54. The van der Waals surface area contributed by atoms with Gasteiger partial charge >= 0.3 is 6.09 Å². The average molecular weight is 623 g/mol. The van der Waals surface area contributed by atoms with Crippen molar-refractivity contribution in [1.82, 2.24) is 25.1 Å². The first kappa shape index (κ1) is 32.6. The van der Waals surface area contributed by atoms with Crippen molar-refractivity contribution in [2.75, 3.05) is 12.4 Å². The van der Waals surface area contributed by atoms with Gasteiger partial charge in [0.05, 0.1) is 24.3 Å². The van der Waals surface area contributed by atoms with E-state index in [-0.39, 0.29) is 28.7 Å². The molecule has 4 rings (SSSR count). The molecule has 0 saturated carbocycles. The molecule has 1 atom stereocenters. The minimum atomic E-state index is -1.22. The number of hydrogen-bond donors (Lipinski definition) is 2. The Morgan fingerprint density at radius 2 is 1.76 bits per heavy atom. The van der Waals surface area contributed by atoms with Gasteiger partial charge in [0.2, 0.25) is 17.6 Å². The summed E-state index contributed by atoms with van der Waals surface area (Å²) < 4.78 is 39.4. The maximum Gasteiger partial charge on any atom is 0.411 e. The molecule has 4 aromatic rings. The first-order valence-corrected chi connectivity index (χ1v) is 13.9. The molecule has 236 valence electrons. The first-order valence-electron chi connectivity index (χ1n) is 13.9. The van der Waals surface area contributed by atoms with Gasteiger partial charge in [-0.1, -0.05) is 50.2 Å². The van der Waals surface area contributed by atoms with Crippen molar-refractivity contribution < 1.29 is 32.3 Å². The van der Waals surface area contributed by atoms with Gasteiger partial charge in [-0.25, -0.2) is 18.6 Å².